The summed E-state index contributed by atoms with van der Waals surface area (Å²) < 4.78 is 7.03. The first kappa shape index (κ1) is 13.8. The molecule has 2 rings (SSSR count). The van der Waals surface area contributed by atoms with Crippen molar-refractivity contribution in [2.24, 2.45) is 0 Å². The number of Topliss-reactive ketones (excluding diaryl/α,β-unsaturated/α-hetero) is 1. The van der Waals surface area contributed by atoms with Crippen molar-refractivity contribution in [2.45, 2.75) is 6.42 Å². The number of thiophene rings is 1. The quantitative estimate of drug-likeness (QED) is 0.708. The number of benzene rings is 1. The van der Waals surface area contributed by atoms with Crippen LogP contribution in [0, 0.1) is 0 Å². The number of carbonyl (C=O) groups is 1. The van der Waals surface area contributed by atoms with Gasteiger partial charge in [0.2, 0.25) is 0 Å². The molecule has 0 spiro atoms. The van der Waals surface area contributed by atoms with Crippen LogP contribution in [0.2, 0.25) is 0 Å². The van der Waals surface area contributed by atoms with Crippen LogP contribution < -0.4 is 4.74 Å². The molecule has 0 unspecified atom stereocenters. The minimum atomic E-state index is 0.111. The van der Waals surface area contributed by atoms with Gasteiger partial charge in [-0.05, 0) is 45.8 Å². The standard InChI is InChI=1S/C13H10Br2O2S/c1-17-10-2-3-11(15)8(4-10)5-12(16)13-6-9(14)7-18-13/h2-4,6-7H,5H2,1H3. The molecule has 1 heterocycles. The Labute approximate surface area is 126 Å². The van der Waals surface area contributed by atoms with Crippen molar-refractivity contribution in [3.63, 3.8) is 0 Å². The molecule has 0 saturated heterocycles. The number of ether oxygens (including phenoxy) is 1. The van der Waals surface area contributed by atoms with Gasteiger partial charge in [0.05, 0.1) is 12.0 Å². The van der Waals surface area contributed by atoms with Crippen molar-refractivity contribution in [2.75, 3.05) is 7.11 Å². The van der Waals surface area contributed by atoms with Crippen molar-refractivity contribution >= 4 is 49.0 Å². The SMILES string of the molecule is COc1ccc(Br)c(CC(=O)c2cc(Br)cs2)c1. The summed E-state index contributed by atoms with van der Waals surface area (Å²) in [5.41, 5.74) is 0.934. The van der Waals surface area contributed by atoms with E-state index in [0.717, 1.165) is 25.1 Å². The van der Waals surface area contributed by atoms with Crippen LogP contribution in [0.15, 0.2) is 38.6 Å². The average Bonchev–Trinajstić information content (AvgIpc) is 2.79. The van der Waals surface area contributed by atoms with Gasteiger partial charge in [-0.1, -0.05) is 15.9 Å². The lowest BCUT2D eigenvalue weighted by molar-refractivity contribution is 0.0996. The first-order chi connectivity index (χ1) is 8.60. The Morgan fingerprint density at radius 2 is 2.11 bits per heavy atom. The molecule has 1 aromatic carbocycles. The molecule has 0 aliphatic rings. The second kappa shape index (κ2) is 5.99. The van der Waals surface area contributed by atoms with Crippen LogP contribution in [-0.2, 0) is 6.42 Å². The summed E-state index contributed by atoms with van der Waals surface area (Å²) >= 11 is 8.25. The number of halogens is 2. The van der Waals surface area contributed by atoms with Crippen molar-refractivity contribution < 1.29 is 9.53 Å². The third-order valence-electron chi connectivity index (χ3n) is 2.45. The number of ketones is 1. The Kier molecular flexibility index (Phi) is 4.59. The monoisotopic (exact) mass is 388 g/mol. The summed E-state index contributed by atoms with van der Waals surface area (Å²) in [6.45, 7) is 0. The lowest BCUT2D eigenvalue weighted by Crippen LogP contribution is -2.02. The van der Waals surface area contributed by atoms with E-state index in [1.165, 1.54) is 11.3 Å². The highest BCUT2D eigenvalue weighted by Gasteiger charge is 2.12. The fraction of sp³-hybridized carbons (Fsp3) is 0.154. The van der Waals surface area contributed by atoms with Gasteiger partial charge >= 0.3 is 0 Å². The lowest BCUT2D eigenvalue weighted by Gasteiger charge is -2.06. The van der Waals surface area contributed by atoms with Crippen LogP contribution in [0.25, 0.3) is 0 Å². The molecule has 5 heteroatoms. The zero-order chi connectivity index (χ0) is 13.1. The molecule has 0 fully saturated rings. The fourth-order valence-corrected chi connectivity index (χ4v) is 3.29. The minimum absolute atomic E-state index is 0.111. The zero-order valence-corrected chi connectivity index (χ0v) is 13.6. The molecule has 0 bridgehead atoms. The van der Waals surface area contributed by atoms with Gasteiger partial charge in [-0.3, -0.25) is 4.79 Å². The number of hydrogen-bond donors (Lipinski definition) is 0. The highest BCUT2D eigenvalue weighted by molar-refractivity contribution is 9.10. The maximum atomic E-state index is 12.1. The van der Waals surface area contributed by atoms with Gasteiger partial charge in [0, 0.05) is 20.7 Å². The third kappa shape index (κ3) is 3.22. The molecule has 0 amide bonds. The van der Waals surface area contributed by atoms with Crippen molar-refractivity contribution in [1.29, 1.82) is 0 Å². The molecule has 0 radical (unpaired) electrons. The minimum Gasteiger partial charge on any atom is -0.497 e. The molecular weight excluding hydrogens is 380 g/mol. The number of rotatable bonds is 4. The molecule has 2 aromatic rings. The number of hydrogen-bond acceptors (Lipinski definition) is 3. The molecule has 2 nitrogen and oxygen atoms in total. The van der Waals surface area contributed by atoms with Gasteiger partial charge in [-0.15, -0.1) is 11.3 Å². The summed E-state index contributed by atoms with van der Waals surface area (Å²) in [5.74, 6) is 0.869. The van der Waals surface area contributed by atoms with Gasteiger partial charge in [-0.2, -0.15) is 0 Å². The van der Waals surface area contributed by atoms with Gasteiger partial charge in [0.15, 0.2) is 5.78 Å². The molecule has 1 aromatic heterocycles. The predicted molar refractivity (Wildman–Crippen MR) is 80.7 cm³/mol. The predicted octanol–water partition coefficient (Wildman–Crippen LogP) is 4.71. The molecule has 94 valence electrons. The Morgan fingerprint density at radius 3 is 2.72 bits per heavy atom. The van der Waals surface area contributed by atoms with Crippen LogP contribution in [0.5, 0.6) is 5.75 Å². The summed E-state index contributed by atoms with van der Waals surface area (Å²) in [6, 6.07) is 7.48. The van der Waals surface area contributed by atoms with E-state index in [2.05, 4.69) is 31.9 Å². The number of methoxy groups -OCH3 is 1. The maximum Gasteiger partial charge on any atom is 0.177 e. The highest BCUT2D eigenvalue weighted by Crippen LogP contribution is 2.26. The van der Waals surface area contributed by atoms with Crippen molar-refractivity contribution in [3.05, 3.63) is 49.0 Å². The third-order valence-corrected chi connectivity index (χ3v) is 4.95. The maximum absolute atomic E-state index is 12.1. The molecular formula is C13H10Br2O2S. The molecule has 18 heavy (non-hydrogen) atoms. The van der Waals surface area contributed by atoms with E-state index in [-0.39, 0.29) is 5.78 Å². The smallest absolute Gasteiger partial charge is 0.177 e. The largest absolute Gasteiger partial charge is 0.497 e. The van der Waals surface area contributed by atoms with Crippen molar-refractivity contribution in [3.8, 4) is 5.75 Å². The Balaban J connectivity index is 2.21. The number of carbonyl (C=O) groups excluding carboxylic acids is 1. The van der Waals surface area contributed by atoms with Crippen LogP contribution >= 0.6 is 43.2 Å². The molecule has 0 saturated carbocycles. The second-order valence-electron chi connectivity index (χ2n) is 3.69. The van der Waals surface area contributed by atoms with Crippen LogP contribution in [0.1, 0.15) is 15.2 Å². The van der Waals surface area contributed by atoms with Crippen LogP contribution in [0.4, 0.5) is 0 Å². The summed E-state index contributed by atoms with van der Waals surface area (Å²) in [4.78, 5) is 12.9. The fourth-order valence-electron chi connectivity index (χ4n) is 1.53. The average molecular weight is 390 g/mol. The van der Waals surface area contributed by atoms with Gasteiger partial charge in [-0.25, -0.2) is 0 Å². The summed E-state index contributed by atoms with van der Waals surface area (Å²) in [6.07, 6.45) is 0.366. The molecule has 0 N–H and O–H groups in total. The van der Waals surface area contributed by atoms with E-state index in [0.29, 0.717) is 6.42 Å². The highest BCUT2D eigenvalue weighted by atomic mass is 79.9. The molecule has 0 atom stereocenters. The van der Waals surface area contributed by atoms with E-state index in [1.54, 1.807) is 7.11 Å². The van der Waals surface area contributed by atoms with E-state index in [4.69, 9.17) is 4.74 Å². The van der Waals surface area contributed by atoms with E-state index in [9.17, 15) is 4.79 Å². The van der Waals surface area contributed by atoms with Crippen LogP contribution in [-0.4, -0.2) is 12.9 Å². The van der Waals surface area contributed by atoms with Crippen molar-refractivity contribution in [1.82, 2.24) is 0 Å². The first-order valence-electron chi connectivity index (χ1n) is 5.20. The summed E-state index contributed by atoms with van der Waals surface area (Å²) in [7, 11) is 1.62. The van der Waals surface area contributed by atoms with E-state index in [1.807, 2.05) is 29.6 Å². The van der Waals surface area contributed by atoms with E-state index >= 15 is 0 Å². The van der Waals surface area contributed by atoms with Gasteiger partial charge < -0.3 is 4.74 Å². The summed E-state index contributed by atoms with van der Waals surface area (Å²) in [5, 5.41) is 1.91. The van der Waals surface area contributed by atoms with Gasteiger partial charge in [0.25, 0.3) is 0 Å². The zero-order valence-electron chi connectivity index (χ0n) is 9.57. The Hall–Kier alpha value is -0.650. The first-order valence-corrected chi connectivity index (χ1v) is 7.66. The normalized spacial score (nSPS) is 10.4. The topological polar surface area (TPSA) is 26.3 Å². The lowest BCUT2D eigenvalue weighted by atomic mass is 10.1. The van der Waals surface area contributed by atoms with E-state index < -0.39 is 0 Å². The molecule has 0 aliphatic carbocycles. The van der Waals surface area contributed by atoms with Gasteiger partial charge in [0.1, 0.15) is 5.75 Å². The molecule has 0 aliphatic heterocycles. The van der Waals surface area contributed by atoms with Crippen LogP contribution in [0.3, 0.4) is 0 Å². The Bertz CT molecular complexity index is 578. The Morgan fingerprint density at radius 1 is 1.33 bits per heavy atom. The second-order valence-corrected chi connectivity index (χ2v) is 6.37.